The Hall–Kier alpha value is -0.380. The normalized spacial score (nSPS) is 12.9. The maximum Gasteiger partial charge on any atom is 0.0478 e. The van der Waals surface area contributed by atoms with Crippen molar-refractivity contribution in [3.63, 3.8) is 0 Å². The lowest BCUT2D eigenvalue weighted by atomic mass is 10.1. The molecule has 0 saturated heterocycles. The Morgan fingerprint density at radius 1 is 1.35 bits per heavy atom. The Labute approximate surface area is 109 Å². The van der Waals surface area contributed by atoms with E-state index in [1.807, 2.05) is 11.3 Å². The zero-order chi connectivity index (χ0) is 12.7. The van der Waals surface area contributed by atoms with Gasteiger partial charge in [-0.2, -0.15) is 0 Å². The van der Waals surface area contributed by atoms with E-state index in [-0.39, 0.29) is 0 Å². The van der Waals surface area contributed by atoms with Crippen LogP contribution in [0.2, 0.25) is 0 Å². The highest BCUT2D eigenvalue weighted by Gasteiger charge is 2.09. The van der Waals surface area contributed by atoms with Crippen LogP contribution in [0.25, 0.3) is 0 Å². The maximum absolute atomic E-state index is 5.46. The molecule has 0 saturated carbocycles. The van der Waals surface area contributed by atoms with Crippen LogP contribution in [0, 0.1) is 13.8 Å². The van der Waals surface area contributed by atoms with E-state index >= 15 is 0 Å². The van der Waals surface area contributed by atoms with Gasteiger partial charge in [-0.3, -0.25) is 0 Å². The SMILES string of the molecule is CCCOCCCNC(C)c1cc(C)sc1C. The van der Waals surface area contributed by atoms with Gasteiger partial charge < -0.3 is 10.1 Å². The molecule has 0 bridgehead atoms. The summed E-state index contributed by atoms with van der Waals surface area (Å²) < 4.78 is 5.46. The van der Waals surface area contributed by atoms with E-state index in [0.29, 0.717) is 6.04 Å². The lowest BCUT2D eigenvalue weighted by Gasteiger charge is -2.13. The molecule has 1 unspecified atom stereocenters. The fraction of sp³-hybridized carbons (Fsp3) is 0.714. The van der Waals surface area contributed by atoms with Crippen LogP contribution in [0.4, 0.5) is 0 Å². The first-order valence-corrected chi connectivity index (χ1v) is 7.34. The summed E-state index contributed by atoms with van der Waals surface area (Å²) in [5.74, 6) is 0. The summed E-state index contributed by atoms with van der Waals surface area (Å²) in [6, 6.07) is 2.75. The fourth-order valence-corrected chi connectivity index (χ4v) is 2.95. The van der Waals surface area contributed by atoms with Gasteiger partial charge in [-0.25, -0.2) is 0 Å². The lowest BCUT2D eigenvalue weighted by molar-refractivity contribution is 0.132. The molecule has 1 heterocycles. The zero-order valence-corrected chi connectivity index (χ0v) is 12.3. The van der Waals surface area contributed by atoms with Crippen LogP contribution < -0.4 is 5.32 Å². The topological polar surface area (TPSA) is 21.3 Å². The molecule has 0 aliphatic heterocycles. The van der Waals surface area contributed by atoms with Gasteiger partial charge in [0, 0.05) is 29.0 Å². The fourth-order valence-electron chi connectivity index (χ4n) is 1.93. The van der Waals surface area contributed by atoms with E-state index in [1.54, 1.807) is 0 Å². The molecule has 0 amide bonds. The Morgan fingerprint density at radius 3 is 2.71 bits per heavy atom. The Kier molecular flexibility index (Phi) is 6.78. The van der Waals surface area contributed by atoms with Gasteiger partial charge in [-0.05, 0) is 51.8 Å². The van der Waals surface area contributed by atoms with Gasteiger partial charge in [0.15, 0.2) is 0 Å². The molecule has 1 aromatic rings. The largest absolute Gasteiger partial charge is 0.381 e. The van der Waals surface area contributed by atoms with E-state index in [4.69, 9.17) is 4.74 Å². The first kappa shape index (κ1) is 14.7. The summed E-state index contributed by atoms with van der Waals surface area (Å²) in [6.07, 6.45) is 2.20. The van der Waals surface area contributed by atoms with Crippen molar-refractivity contribution in [2.45, 2.75) is 46.6 Å². The molecule has 3 heteroatoms. The van der Waals surface area contributed by atoms with Gasteiger partial charge >= 0.3 is 0 Å². The Balaban J connectivity index is 2.21. The monoisotopic (exact) mass is 255 g/mol. The third-order valence-electron chi connectivity index (χ3n) is 2.81. The number of nitrogens with one attached hydrogen (secondary N) is 1. The summed E-state index contributed by atoms with van der Waals surface area (Å²) in [7, 11) is 0. The van der Waals surface area contributed by atoms with Crippen molar-refractivity contribution in [1.29, 1.82) is 0 Å². The van der Waals surface area contributed by atoms with Gasteiger partial charge in [0.2, 0.25) is 0 Å². The molecule has 1 aromatic heterocycles. The minimum absolute atomic E-state index is 0.450. The molecule has 0 radical (unpaired) electrons. The third kappa shape index (κ3) is 5.19. The van der Waals surface area contributed by atoms with Gasteiger partial charge in [0.1, 0.15) is 0 Å². The number of hydrogen-bond donors (Lipinski definition) is 1. The molecule has 0 spiro atoms. The number of rotatable bonds is 8. The van der Waals surface area contributed by atoms with Crippen LogP contribution in [-0.2, 0) is 4.74 Å². The first-order chi connectivity index (χ1) is 8.15. The quantitative estimate of drug-likeness (QED) is 0.713. The van der Waals surface area contributed by atoms with Gasteiger partial charge in [-0.15, -0.1) is 11.3 Å². The van der Waals surface area contributed by atoms with Crippen LogP contribution in [0.3, 0.4) is 0 Å². The molecule has 1 N–H and O–H groups in total. The van der Waals surface area contributed by atoms with Crippen molar-refractivity contribution in [3.05, 3.63) is 21.4 Å². The van der Waals surface area contributed by atoms with Crippen molar-refractivity contribution >= 4 is 11.3 Å². The van der Waals surface area contributed by atoms with Gasteiger partial charge in [-0.1, -0.05) is 6.92 Å². The number of ether oxygens (including phenoxy) is 1. The molecular formula is C14H25NOS. The Morgan fingerprint density at radius 2 is 2.12 bits per heavy atom. The second kappa shape index (κ2) is 7.85. The van der Waals surface area contributed by atoms with Gasteiger partial charge in [0.25, 0.3) is 0 Å². The highest BCUT2D eigenvalue weighted by molar-refractivity contribution is 7.12. The average molecular weight is 255 g/mol. The zero-order valence-electron chi connectivity index (χ0n) is 11.5. The summed E-state index contributed by atoms with van der Waals surface area (Å²) in [6.45, 7) is 11.5. The minimum Gasteiger partial charge on any atom is -0.381 e. The van der Waals surface area contributed by atoms with E-state index in [1.165, 1.54) is 15.3 Å². The smallest absolute Gasteiger partial charge is 0.0478 e. The van der Waals surface area contributed by atoms with Crippen molar-refractivity contribution in [2.24, 2.45) is 0 Å². The number of thiophene rings is 1. The summed E-state index contributed by atoms with van der Waals surface area (Å²) in [5.41, 5.74) is 1.45. The molecule has 1 rings (SSSR count). The second-order valence-electron chi connectivity index (χ2n) is 4.51. The predicted octanol–water partition coefficient (Wildman–Crippen LogP) is 3.83. The standard InChI is InChI=1S/C14H25NOS/c1-5-8-16-9-6-7-15-12(3)14-10-11(2)17-13(14)4/h10,12,15H,5-9H2,1-4H3. The molecular weight excluding hydrogens is 230 g/mol. The van der Waals surface area contributed by atoms with Crippen LogP contribution in [0.1, 0.15) is 48.0 Å². The summed E-state index contributed by atoms with van der Waals surface area (Å²) >= 11 is 1.88. The lowest BCUT2D eigenvalue weighted by Crippen LogP contribution is -2.21. The molecule has 1 atom stereocenters. The second-order valence-corrected chi connectivity index (χ2v) is 5.97. The molecule has 98 valence electrons. The van der Waals surface area contributed by atoms with Crippen molar-refractivity contribution in [1.82, 2.24) is 5.32 Å². The van der Waals surface area contributed by atoms with Crippen LogP contribution in [-0.4, -0.2) is 19.8 Å². The highest BCUT2D eigenvalue weighted by atomic mass is 32.1. The first-order valence-electron chi connectivity index (χ1n) is 6.53. The molecule has 0 aliphatic carbocycles. The average Bonchev–Trinajstić information content (AvgIpc) is 2.62. The van der Waals surface area contributed by atoms with E-state index in [2.05, 4.69) is 39.1 Å². The van der Waals surface area contributed by atoms with Crippen LogP contribution in [0.15, 0.2) is 6.07 Å². The highest BCUT2D eigenvalue weighted by Crippen LogP contribution is 2.25. The minimum atomic E-state index is 0.450. The van der Waals surface area contributed by atoms with E-state index < -0.39 is 0 Å². The molecule has 2 nitrogen and oxygen atoms in total. The Bertz CT molecular complexity index is 322. The van der Waals surface area contributed by atoms with Gasteiger partial charge in [0.05, 0.1) is 0 Å². The molecule has 0 fully saturated rings. The van der Waals surface area contributed by atoms with Crippen molar-refractivity contribution in [2.75, 3.05) is 19.8 Å². The third-order valence-corrected chi connectivity index (χ3v) is 3.79. The number of aryl methyl sites for hydroxylation is 2. The van der Waals surface area contributed by atoms with Crippen molar-refractivity contribution < 1.29 is 4.74 Å². The predicted molar refractivity (Wildman–Crippen MR) is 75.9 cm³/mol. The summed E-state index contributed by atoms with van der Waals surface area (Å²) in [4.78, 5) is 2.84. The van der Waals surface area contributed by atoms with Crippen molar-refractivity contribution in [3.8, 4) is 0 Å². The summed E-state index contributed by atoms with van der Waals surface area (Å²) in [5, 5.41) is 3.56. The van der Waals surface area contributed by atoms with E-state index in [0.717, 1.165) is 32.6 Å². The molecule has 0 aromatic carbocycles. The molecule has 17 heavy (non-hydrogen) atoms. The molecule has 0 aliphatic rings. The van der Waals surface area contributed by atoms with Crippen LogP contribution >= 0.6 is 11.3 Å². The number of hydrogen-bond acceptors (Lipinski definition) is 3. The maximum atomic E-state index is 5.46. The van der Waals surface area contributed by atoms with E-state index in [9.17, 15) is 0 Å². The van der Waals surface area contributed by atoms with Crippen LogP contribution in [0.5, 0.6) is 0 Å².